The number of carbonyl (C=O) groups excluding carboxylic acids is 1. The smallest absolute Gasteiger partial charge is 0.312 e. The van der Waals surface area contributed by atoms with Gasteiger partial charge in [0.1, 0.15) is 12.7 Å². The first-order valence-corrected chi connectivity index (χ1v) is 11.2. The fraction of sp³-hybridized carbons (Fsp3) is 0.955. The molecule has 0 aromatic carbocycles. The number of hydrogen-bond donors (Lipinski definition) is 1. The van der Waals surface area contributed by atoms with Gasteiger partial charge in [-0.2, -0.15) is 0 Å². The lowest BCUT2D eigenvalue weighted by atomic mass is 9.67. The monoisotopic (exact) mass is 374 g/mol. The van der Waals surface area contributed by atoms with Crippen LogP contribution in [0.5, 0.6) is 0 Å². The van der Waals surface area contributed by atoms with E-state index < -0.39 is 11.0 Å². The van der Waals surface area contributed by atoms with Gasteiger partial charge in [0, 0.05) is 11.8 Å². The topological polar surface area (TPSA) is 65.0 Å². The Kier molecular flexibility index (Phi) is 2.94. The molecule has 1 saturated heterocycles. The lowest BCUT2D eigenvalue weighted by Gasteiger charge is -2.41. The van der Waals surface area contributed by atoms with Crippen LogP contribution >= 0.6 is 0 Å². The number of esters is 1. The van der Waals surface area contributed by atoms with Crippen molar-refractivity contribution >= 4 is 5.97 Å². The van der Waals surface area contributed by atoms with E-state index in [-0.39, 0.29) is 17.9 Å². The molecule has 9 aliphatic rings. The molecule has 27 heavy (non-hydrogen) atoms. The third-order valence-electron chi connectivity index (χ3n) is 9.69. The zero-order valence-electron chi connectivity index (χ0n) is 15.9. The highest BCUT2D eigenvalue weighted by Gasteiger charge is 2.67. The molecule has 8 saturated carbocycles. The summed E-state index contributed by atoms with van der Waals surface area (Å²) in [5.74, 6) is 3.39. The van der Waals surface area contributed by atoms with Crippen molar-refractivity contribution in [3.63, 3.8) is 0 Å². The molecule has 9 rings (SSSR count). The van der Waals surface area contributed by atoms with Gasteiger partial charge >= 0.3 is 5.97 Å². The predicted molar refractivity (Wildman–Crippen MR) is 94.4 cm³/mol. The molecule has 5 nitrogen and oxygen atoms in total. The summed E-state index contributed by atoms with van der Waals surface area (Å²) >= 11 is 0. The first-order chi connectivity index (χ1) is 13.0. The van der Waals surface area contributed by atoms with Gasteiger partial charge in [-0.05, 0) is 81.5 Å². The van der Waals surface area contributed by atoms with Crippen LogP contribution in [0.1, 0.15) is 57.8 Å². The minimum Gasteiger partial charge on any atom is -0.462 e. The van der Waals surface area contributed by atoms with Crippen LogP contribution in [-0.2, 0) is 19.0 Å². The maximum Gasteiger partial charge on any atom is 0.312 e. The second-order valence-electron chi connectivity index (χ2n) is 11.3. The summed E-state index contributed by atoms with van der Waals surface area (Å²) in [5.41, 5.74) is -1.03. The van der Waals surface area contributed by atoms with E-state index in [1.54, 1.807) is 0 Å². The highest BCUT2D eigenvalue weighted by Crippen LogP contribution is 2.67. The van der Waals surface area contributed by atoms with Crippen LogP contribution in [0.15, 0.2) is 0 Å². The van der Waals surface area contributed by atoms with Crippen molar-refractivity contribution in [1.29, 1.82) is 0 Å². The molecule has 1 aliphatic heterocycles. The molecule has 1 spiro atoms. The van der Waals surface area contributed by atoms with Crippen LogP contribution < -0.4 is 0 Å². The average molecular weight is 374 g/mol. The van der Waals surface area contributed by atoms with Crippen LogP contribution in [0.4, 0.5) is 0 Å². The van der Waals surface area contributed by atoms with Gasteiger partial charge in [0.15, 0.2) is 5.79 Å². The summed E-state index contributed by atoms with van der Waals surface area (Å²) in [6, 6.07) is 0. The molecule has 5 heteroatoms. The highest BCUT2D eigenvalue weighted by molar-refractivity contribution is 5.78. The number of rotatable bonds is 3. The predicted octanol–water partition coefficient (Wildman–Crippen LogP) is 2.65. The molecular formula is C22H30O5. The molecule has 8 unspecified atom stereocenters. The minimum absolute atomic E-state index is 0.0914. The van der Waals surface area contributed by atoms with E-state index in [1.807, 2.05) is 0 Å². The van der Waals surface area contributed by atoms with Crippen molar-refractivity contribution in [2.24, 2.45) is 40.9 Å². The zero-order valence-corrected chi connectivity index (χ0v) is 15.9. The maximum absolute atomic E-state index is 13.0. The van der Waals surface area contributed by atoms with Crippen LogP contribution in [0.3, 0.4) is 0 Å². The Balaban J connectivity index is 1.02. The molecular weight excluding hydrogens is 344 g/mol. The maximum atomic E-state index is 13.0. The second-order valence-corrected chi connectivity index (χ2v) is 11.3. The molecule has 8 atom stereocenters. The summed E-state index contributed by atoms with van der Waals surface area (Å²) in [4.78, 5) is 13.0. The minimum atomic E-state index is -0.607. The van der Waals surface area contributed by atoms with Gasteiger partial charge in [0.25, 0.3) is 0 Å². The quantitative estimate of drug-likeness (QED) is 0.770. The van der Waals surface area contributed by atoms with Gasteiger partial charge in [0.05, 0.1) is 17.6 Å². The molecule has 1 N–H and O–H groups in total. The number of aliphatic hydroxyl groups is 1. The third kappa shape index (κ3) is 1.99. The van der Waals surface area contributed by atoms with E-state index >= 15 is 0 Å². The molecule has 8 bridgehead atoms. The van der Waals surface area contributed by atoms with Crippen LogP contribution in [-0.4, -0.2) is 41.8 Å². The van der Waals surface area contributed by atoms with Crippen molar-refractivity contribution in [1.82, 2.24) is 0 Å². The fourth-order valence-electron chi connectivity index (χ4n) is 9.16. The Bertz CT molecular complexity index is 687. The van der Waals surface area contributed by atoms with Crippen molar-refractivity contribution in [3.05, 3.63) is 0 Å². The van der Waals surface area contributed by atoms with Crippen LogP contribution in [0.2, 0.25) is 0 Å². The van der Waals surface area contributed by atoms with E-state index in [2.05, 4.69) is 0 Å². The largest absolute Gasteiger partial charge is 0.462 e. The Hall–Kier alpha value is -0.650. The Morgan fingerprint density at radius 3 is 2.59 bits per heavy atom. The average Bonchev–Trinajstić information content (AvgIpc) is 3.34. The van der Waals surface area contributed by atoms with Crippen molar-refractivity contribution in [2.45, 2.75) is 75.3 Å². The van der Waals surface area contributed by atoms with Crippen molar-refractivity contribution in [3.8, 4) is 0 Å². The highest BCUT2D eigenvalue weighted by atomic mass is 16.8. The van der Waals surface area contributed by atoms with Crippen molar-refractivity contribution in [2.75, 3.05) is 13.2 Å². The van der Waals surface area contributed by atoms with Gasteiger partial charge in [-0.3, -0.25) is 4.79 Å². The van der Waals surface area contributed by atoms with Crippen LogP contribution in [0.25, 0.3) is 0 Å². The molecule has 0 aromatic rings. The molecule has 1 heterocycles. The Morgan fingerprint density at radius 1 is 1.04 bits per heavy atom. The van der Waals surface area contributed by atoms with Gasteiger partial charge in [-0.1, -0.05) is 0 Å². The molecule has 148 valence electrons. The first-order valence-electron chi connectivity index (χ1n) is 11.2. The van der Waals surface area contributed by atoms with Gasteiger partial charge in [0.2, 0.25) is 0 Å². The SMILES string of the molecule is O=C(OCC1COC2(O1)C1CC3CC(C1)C2C3)C12CC3CC(O)(CC3C1)C2. The van der Waals surface area contributed by atoms with E-state index in [9.17, 15) is 9.90 Å². The molecule has 0 aromatic heterocycles. The summed E-state index contributed by atoms with van der Waals surface area (Å²) in [6.45, 7) is 0.865. The Morgan fingerprint density at radius 2 is 1.85 bits per heavy atom. The molecule has 8 aliphatic carbocycles. The standard InChI is InChI=1S/C22H30O5/c23-19(20-5-14-7-21(24,11-20)8-15(14)6-20)25-9-17-10-26-22(27-17)16-2-12-1-13(4-16)18(22)3-12/h12-18,24H,1-11H2. The normalized spacial score (nSPS) is 61.6. The number of hydrogen-bond acceptors (Lipinski definition) is 5. The van der Waals surface area contributed by atoms with E-state index in [0.29, 0.717) is 43.3 Å². The van der Waals surface area contributed by atoms with E-state index in [1.165, 1.54) is 25.7 Å². The number of carbonyl (C=O) groups is 1. The zero-order chi connectivity index (χ0) is 18.0. The fourth-order valence-corrected chi connectivity index (χ4v) is 9.16. The molecule has 0 amide bonds. The van der Waals surface area contributed by atoms with E-state index in [0.717, 1.165) is 37.5 Å². The summed E-state index contributed by atoms with van der Waals surface area (Å²) in [7, 11) is 0. The van der Waals surface area contributed by atoms with Gasteiger partial charge < -0.3 is 19.3 Å². The van der Waals surface area contributed by atoms with Gasteiger partial charge in [-0.15, -0.1) is 0 Å². The first kappa shape index (κ1) is 16.2. The second kappa shape index (κ2) is 4.91. The van der Waals surface area contributed by atoms with Gasteiger partial charge in [-0.25, -0.2) is 0 Å². The van der Waals surface area contributed by atoms with Crippen molar-refractivity contribution < 1.29 is 24.1 Å². The van der Waals surface area contributed by atoms with E-state index in [4.69, 9.17) is 14.2 Å². The third-order valence-corrected chi connectivity index (χ3v) is 9.69. The number of ether oxygens (including phenoxy) is 3. The Labute approximate surface area is 160 Å². The summed E-state index contributed by atoms with van der Waals surface area (Å²) in [6.07, 6.45) is 9.23. The molecule has 0 radical (unpaired) electrons. The summed E-state index contributed by atoms with van der Waals surface area (Å²) < 4.78 is 18.6. The summed E-state index contributed by atoms with van der Waals surface area (Å²) in [5, 5.41) is 10.7. The lowest BCUT2D eigenvalue weighted by molar-refractivity contribution is -0.235. The molecule has 9 fully saturated rings. The van der Waals surface area contributed by atoms with Crippen LogP contribution in [0, 0.1) is 40.9 Å². The lowest BCUT2D eigenvalue weighted by Crippen LogP contribution is -2.46.